The second kappa shape index (κ2) is 10.9. The van der Waals surface area contributed by atoms with Gasteiger partial charge < -0.3 is 14.0 Å². The van der Waals surface area contributed by atoms with Crippen LogP contribution in [0, 0.1) is 6.92 Å². The van der Waals surface area contributed by atoms with Gasteiger partial charge in [0, 0.05) is 18.2 Å². The van der Waals surface area contributed by atoms with Crippen molar-refractivity contribution in [1.29, 1.82) is 0 Å². The number of imide groups is 1. The third-order valence-corrected chi connectivity index (χ3v) is 8.30. The molecule has 40 heavy (non-hydrogen) atoms. The Balaban J connectivity index is 1.24. The Morgan fingerprint density at radius 1 is 0.950 bits per heavy atom. The number of thioether (sulfide) groups is 1. The van der Waals surface area contributed by atoms with E-state index in [-0.39, 0.29) is 16.1 Å². The maximum atomic E-state index is 12.4. The Morgan fingerprint density at radius 2 is 1.68 bits per heavy atom. The summed E-state index contributed by atoms with van der Waals surface area (Å²) >= 11 is 0.861. The lowest BCUT2D eigenvalue weighted by molar-refractivity contribution is -1.09. The number of rotatable bonds is 8. The second-order valence-corrected chi connectivity index (χ2v) is 11.4. The normalized spacial score (nSPS) is 17.0. The van der Waals surface area contributed by atoms with Crippen molar-refractivity contribution in [1.82, 2.24) is 0 Å². The Labute approximate surface area is 237 Å². The molecule has 0 bridgehead atoms. The van der Waals surface area contributed by atoms with E-state index in [0.29, 0.717) is 29.2 Å². The number of anilines is 1. The molecule has 3 aromatic carbocycles. The van der Waals surface area contributed by atoms with Crippen LogP contribution < -0.4 is 14.5 Å². The number of quaternary nitrogens is 1. The van der Waals surface area contributed by atoms with E-state index in [4.69, 9.17) is 14.0 Å². The number of piperidine rings is 1. The van der Waals surface area contributed by atoms with Crippen LogP contribution in [0.2, 0.25) is 0 Å². The molecular formula is C32H31N2O5S+. The molecule has 1 aromatic heterocycles. The van der Waals surface area contributed by atoms with Crippen LogP contribution in [0.25, 0.3) is 11.0 Å². The second-order valence-electron chi connectivity index (χ2n) is 10.3. The molecule has 8 heteroatoms. The van der Waals surface area contributed by atoms with E-state index >= 15 is 0 Å². The molecule has 0 N–H and O–H groups in total. The summed E-state index contributed by atoms with van der Waals surface area (Å²) in [4.78, 5) is 32.7. The average molecular weight is 556 g/mol. The fourth-order valence-electron chi connectivity index (χ4n) is 5.44. The number of aryl methyl sites for hydroxylation is 1. The molecule has 2 aliphatic heterocycles. The van der Waals surface area contributed by atoms with Gasteiger partial charge in [0.2, 0.25) is 0 Å². The van der Waals surface area contributed by atoms with E-state index in [0.717, 1.165) is 76.2 Å². The van der Waals surface area contributed by atoms with Crippen molar-refractivity contribution < 1.29 is 28.2 Å². The summed E-state index contributed by atoms with van der Waals surface area (Å²) in [6, 6.07) is 23.3. The molecule has 0 aliphatic carbocycles. The van der Waals surface area contributed by atoms with Gasteiger partial charge in [0.1, 0.15) is 43.3 Å². The van der Waals surface area contributed by atoms with Crippen LogP contribution in [0.5, 0.6) is 11.5 Å². The first-order valence-corrected chi connectivity index (χ1v) is 14.3. The summed E-state index contributed by atoms with van der Waals surface area (Å²) in [6.07, 6.45) is 3.30. The average Bonchev–Trinajstić information content (AvgIpc) is 3.41. The van der Waals surface area contributed by atoms with Gasteiger partial charge in [0.05, 0.1) is 16.2 Å². The summed E-state index contributed by atoms with van der Waals surface area (Å²) in [6.45, 7) is 8.57. The van der Waals surface area contributed by atoms with Gasteiger partial charge in [0.15, 0.2) is 5.75 Å². The number of likely N-dealkylation sites (tertiary alicyclic amines) is 1. The molecule has 4 aromatic rings. The molecule has 204 valence electrons. The number of carbonyl (C=O) groups excluding carboxylic acids is 2. The molecule has 0 unspecified atom stereocenters. The Bertz CT molecular complexity index is 1570. The Morgan fingerprint density at radius 3 is 2.38 bits per heavy atom. The molecule has 0 radical (unpaired) electrons. The fourth-order valence-corrected chi connectivity index (χ4v) is 6.11. The highest BCUT2D eigenvalue weighted by Crippen LogP contribution is 2.36. The van der Waals surface area contributed by atoms with Crippen molar-refractivity contribution in [3.63, 3.8) is 0 Å². The van der Waals surface area contributed by atoms with E-state index < -0.39 is 0 Å². The number of ether oxygens (including phenoxy) is 1. The van der Waals surface area contributed by atoms with Gasteiger partial charge in [-0.3, -0.25) is 9.59 Å². The number of carbonyl (C=O) groups is 2. The van der Waals surface area contributed by atoms with E-state index in [9.17, 15) is 9.59 Å². The first-order chi connectivity index (χ1) is 19.4. The number of fused-ring (bicyclic) bond motifs is 1. The number of benzene rings is 3. The fraction of sp³-hybridized carbons (Fsp3) is 0.250. The van der Waals surface area contributed by atoms with Crippen molar-refractivity contribution in [2.24, 2.45) is 0 Å². The van der Waals surface area contributed by atoms with E-state index in [1.165, 1.54) is 6.42 Å². The summed E-state index contributed by atoms with van der Waals surface area (Å²) in [5, 5.41) is 0.700. The van der Waals surface area contributed by atoms with Crippen LogP contribution in [-0.2, 0) is 17.9 Å². The Kier molecular flexibility index (Phi) is 7.12. The summed E-state index contributed by atoms with van der Waals surface area (Å²) in [5.74, 6) is 1.99. The minimum absolute atomic E-state index is 0.236. The molecule has 3 heterocycles. The topological polar surface area (TPSA) is 69.0 Å². The minimum atomic E-state index is -0.377. The number of nitrogens with zero attached hydrogens (tertiary/aromatic N) is 2. The zero-order valence-corrected chi connectivity index (χ0v) is 23.2. The van der Waals surface area contributed by atoms with Gasteiger partial charge in [-0.25, -0.2) is 4.90 Å². The maximum Gasteiger partial charge on any atom is 0.298 e. The third-order valence-electron chi connectivity index (χ3n) is 7.52. The van der Waals surface area contributed by atoms with Crippen LogP contribution >= 0.6 is 11.8 Å². The van der Waals surface area contributed by atoms with Gasteiger partial charge in [0.25, 0.3) is 11.1 Å². The number of hydroxylamine groups is 3. The largest absolute Gasteiger partial charge is 0.489 e. The summed E-state index contributed by atoms with van der Waals surface area (Å²) in [5.41, 5.74) is 3.57. The van der Waals surface area contributed by atoms with Gasteiger partial charge in [-0.05, 0) is 73.1 Å². The lowest BCUT2D eigenvalue weighted by Crippen LogP contribution is -2.53. The van der Waals surface area contributed by atoms with Gasteiger partial charge >= 0.3 is 0 Å². The van der Waals surface area contributed by atoms with E-state index in [2.05, 4.69) is 24.8 Å². The monoisotopic (exact) mass is 555 g/mol. The lowest BCUT2D eigenvalue weighted by Gasteiger charge is -2.38. The van der Waals surface area contributed by atoms with Crippen molar-refractivity contribution in [3.8, 4) is 11.5 Å². The predicted molar refractivity (Wildman–Crippen MR) is 156 cm³/mol. The van der Waals surface area contributed by atoms with Crippen LogP contribution in [0.4, 0.5) is 10.5 Å². The highest BCUT2D eigenvalue weighted by Gasteiger charge is 2.37. The zero-order chi connectivity index (χ0) is 27.7. The number of amides is 2. The van der Waals surface area contributed by atoms with Crippen molar-refractivity contribution in [2.45, 2.75) is 39.3 Å². The maximum absolute atomic E-state index is 12.4. The molecule has 0 saturated carbocycles. The first-order valence-electron chi connectivity index (χ1n) is 13.5. The Hall–Kier alpha value is -4.01. The third kappa shape index (κ3) is 5.24. The van der Waals surface area contributed by atoms with Gasteiger partial charge in [-0.1, -0.05) is 36.9 Å². The van der Waals surface area contributed by atoms with Crippen molar-refractivity contribution in [2.75, 3.05) is 18.0 Å². The standard InChI is InChI=1S/C32H31N2O5S/c1-22-29(28-19-27(15-16-30(28)38-22)37-21-24-9-5-3-6-10-24)20-34(17-7-4-8-18-34)39-26-13-11-25(12-14-26)33-31(35)23(2)40-32(33)36/h3,5-6,9-16,19H,2,4,7-8,17-18,20-21H2,1H3/q+1. The van der Waals surface area contributed by atoms with E-state index in [1.54, 1.807) is 12.1 Å². The van der Waals surface area contributed by atoms with Crippen LogP contribution in [0.3, 0.4) is 0 Å². The van der Waals surface area contributed by atoms with Crippen molar-refractivity contribution >= 4 is 39.6 Å². The molecule has 2 aliphatic rings. The lowest BCUT2D eigenvalue weighted by atomic mass is 10.1. The first kappa shape index (κ1) is 26.2. The van der Waals surface area contributed by atoms with Crippen molar-refractivity contribution in [3.05, 3.63) is 101 Å². The van der Waals surface area contributed by atoms with Crippen LogP contribution in [0.1, 0.15) is 36.1 Å². The number of furan rings is 1. The van der Waals surface area contributed by atoms with Gasteiger partial charge in [-0.15, -0.1) is 4.65 Å². The summed E-state index contributed by atoms with van der Waals surface area (Å²) in [7, 11) is 0. The molecule has 2 amide bonds. The molecular weight excluding hydrogens is 524 g/mol. The smallest absolute Gasteiger partial charge is 0.298 e. The number of hydrogen-bond acceptors (Lipinski definition) is 6. The number of hydrogen-bond donors (Lipinski definition) is 0. The highest BCUT2D eigenvalue weighted by molar-refractivity contribution is 8.18. The summed E-state index contributed by atoms with van der Waals surface area (Å²) < 4.78 is 12.7. The van der Waals surface area contributed by atoms with E-state index in [1.807, 2.05) is 49.4 Å². The SMILES string of the molecule is C=C1SC(=O)N(c2ccc(O[N+]3(Cc4c(C)oc5ccc(OCc6ccccc6)cc45)CCCCC3)cc2)C1=O. The predicted octanol–water partition coefficient (Wildman–Crippen LogP) is 7.53. The van der Waals surface area contributed by atoms with Crippen LogP contribution in [0.15, 0.2) is 88.7 Å². The molecule has 6 rings (SSSR count). The highest BCUT2D eigenvalue weighted by atomic mass is 32.2. The minimum Gasteiger partial charge on any atom is -0.489 e. The van der Waals surface area contributed by atoms with Gasteiger partial charge in [-0.2, -0.15) is 0 Å². The zero-order valence-electron chi connectivity index (χ0n) is 22.4. The molecule has 2 saturated heterocycles. The molecule has 0 atom stereocenters. The van der Waals surface area contributed by atoms with Crippen LogP contribution in [-0.4, -0.2) is 28.9 Å². The quantitative estimate of drug-likeness (QED) is 0.165. The molecule has 0 spiro atoms. The molecule has 7 nitrogen and oxygen atoms in total. The molecule has 2 fully saturated rings.